The normalized spacial score (nSPS) is 10.4. The number of thiophene rings is 1. The largest absolute Gasteiger partial charge is 0.497 e. The van der Waals surface area contributed by atoms with Gasteiger partial charge in [0.05, 0.1) is 14.2 Å². The van der Waals surface area contributed by atoms with Gasteiger partial charge in [-0.15, -0.1) is 11.3 Å². The summed E-state index contributed by atoms with van der Waals surface area (Å²) < 4.78 is 11.0. The van der Waals surface area contributed by atoms with Crippen LogP contribution < -0.4 is 10.1 Å². The highest BCUT2D eigenvalue weighted by Crippen LogP contribution is 2.36. The molecule has 1 heterocycles. The number of aryl methyl sites for hydroxylation is 1. The highest BCUT2D eigenvalue weighted by molar-refractivity contribution is 9.10. The average molecular weight is 474 g/mol. The Bertz CT molecular complexity index is 997. The first-order chi connectivity index (χ1) is 14.0. The summed E-state index contributed by atoms with van der Waals surface area (Å²) in [5.74, 6) is 0.143. The molecular weight excluding hydrogens is 454 g/mol. The standard InChI is InChI=1S/C22H20BrNO4S/c1-27-17-10-3-14(4-11-17)5-12-19(25)24-21-20(22(26)28-2)18(13-29-21)15-6-8-16(23)9-7-15/h3-4,6-11,13H,5,12H2,1-2H3,(H,24,25). The SMILES string of the molecule is COC(=O)c1c(-c2ccc(Br)cc2)csc1NC(=O)CCc1ccc(OC)cc1. The zero-order valence-corrected chi connectivity index (χ0v) is 18.4. The molecule has 5 nitrogen and oxygen atoms in total. The highest BCUT2D eigenvalue weighted by Gasteiger charge is 2.22. The lowest BCUT2D eigenvalue weighted by atomic mass is 10.0. The molecule has 2 aromatic carbocycles. The number of rotatable bonds is 7. The molecule has 3 rings (SSSR count). The topological polar surface area (TPSA) is 64.6 Å². The number of hydrogen-bond acceptors (Lipinski definition) is 5. The number of amides is 1. The highest BCUT2D eigenvalue weighted by atomic mass is 79.9. The smallest absolute Gasteiger partial charge is 0.341 e. The molecule has 0 atom stereocenters. The third-order valence-corrected chi connectivity index (χ3v) is 5.81. The second-order valence-electron chi connectivity index (χ2n) is 6.25. The van der Waals surface area contributed by atoms with Gasteiger partial charge < -0.3 is 14.8 Å². The summed E-state index contributed by atoms with van der Waals surface area (Å²) in [7, 11) is 2.95. The van der Waals surface area contributed by atoms with Crippen LogP contribution in [-0.2, 0) is 16.0 Å². The van der Waals surface area contributed by atoms with Crippen LogP contribution in [0.3, 0.4) is 0 Å². The van der Waals surface area contributed by atoms with Crippen LogP contribution in [0.5, 0.6) is 5.75 Å². The minimum Gasteiger partial charge on any atom is -0.497 e. The molecule has 0 aliphatic carbocycles. The Hall–Kier alpha value is -2.64. The summed E-state index contributed by atoms with van der Waals surface area (Å²) in [4.78, 5) is 24.9. The van der Waals surface area contributed by atoms with Gasteiger partial charge in [0.2, 0.25) is 5.91 Å². The lowest BCUT2D eigenvalue weighted by molar-refractivity contribution is -0.116. The van der Waals surface area contributed by atoms with Crippen molar-refractivity contribution in [2.24, 2.45) is 0 Å². The Morgan fingerprint density at radius 2 is 1.72 bits per heavy atom. The molecule has 0 saturated carbocycles. The maximum absolute atomic E-state index is 12.5. The van der Waals surface area contributed by atoms with Crippen molar-refractivity contribution in [2.75, 3.05) is 19.5 Å². The molecule has 1 amide bonds. The number of ether oxygens (including phenoxy) is 2. The minimum atomic E-state index is -0.477. The van der Waals surface area contributed by atoms with Gasteiger partial charge in [-0.3, -0.25) is 4.79 Å². The van der Waals surface area contributed by atoms with E-state index in [0.717, 1.165) is 26.9 Å². The van der Waals surface area contributed by atoms with E-state index in [-0.39, 0.29) is 5.91 Å². The van der Waals surface area contributed by atoms with E-state index in [9.17, 15) is 9.59 Å². The van der Waals surface area contributed by atoms with Crippen molar-refractivity contribution in [1.82, 2.24) is 0 Å². The Morgan fingerprint density at radius 3 is 2.34 bits per heavy atom. The van der Waals surface area contributed by atoms with Gasteiger partial charge in [-0.2, -0.15) is 0 Å². The summed E-state index contributed by atoms with van der Waals surface area (Å²) in [6.07, 6.45) is 0.896. The molecule has 7 heteroatoms. The van der Waals surface area contributed by atoms with E-state index < -0.39 is 5.97 Å². The number of hydrogen-bond donors (Lipinski definition) is 1. The van der Waals surface area contributed by atoms with Gasteiger partial charge in [0.15, 0.2) is 0 Å². The summed E-state index contributed by atoms with van der Waals surface area (Å²) in [5.41, 5.74) is 3.02. The predicted octanol–water partition coefficient (Wildman–Crippen LogP) is 5.54. The summed E-state index contributed by atoms with van der Waals surface area (Å²) in [6, 6.07) is 15.2. The molecule has 0 spiro atoms. The monoisotopic (exact) mass is 473 g/mol. The van der Waals surface area contributed by atoms with Crippen molar-refractivity contribution in [3.05, 3.63) is 69.5 Å². The Morgan fingerprint density at radius 1 is 1.03 bits per heavy atom. The van der Waals surface area contributed by atoms with E-state index in [2.05, 4.69) is 21.2 Å². The molecule has 150 valence electrons. The fourth-order valence-corrected chi connectivity index (χ4v) is 4.07. The fraction of sp³-hybridized carbons (Fsp3) is 0.182. The first-order valence-corrected chi connectivity index (χ1v) is 10.6. The van der Waals surface area contributed by atoms with Crippen LogP contribution in [0.2, 0.25) is 0 Å². The molecule has 0 radical (unpaired) electrons. The van der Waals surface area contributed by atoms with Crippen molar-refractivity contribution in [3.8, 4) is 16.9 Å². The van der Waals surface area contributed by atoms with Crippen molar-refractivity contribution in [1.29, 1.82) is 0 Å². The van der Waals surface area contributed by atoms with E-state index in [1.165, 1.54) is 18.4 Å². The Balaban J connectivity index is 1.74. The number of nitrogens with one attached hydrogen (secondary N) is 1. The van der Waals surface area contributed by atoms with E-state index >= 15 is 0 Å². The van der Waals surface area contributed by atoms with Crippen LogP contribution >= 0.6 is 27.3 Å². The van der Waals surface area contributed by atoms with Gasteiger partial charge in [0.1, 0.15) is 16.3 Å². The van der Waals surface area contributed by atoms with Crippen LogP contribution in [0.1, 0.15) is 22.3 Å². The van der Waals surface area contributed by atoms with Crippen molar-refractivity contribution in [3.63, 3.8) is 0 Å². The maximum Gasteiger partial charge on any atom is 0.341 e. The van der Waals surface area contributed by atoms with E-state index in [1.54, 1.807) is 7.11 Å². The van der Waals surface area contributed by atoms with E-state index in [4.69, 9.17) is 9.47 Å². The van der Waals surface area contributed by atoms with Crippen molar-refractivity contribution < 1.29 is 19.1 Å². The summed E-state index contributed by atoms with van der Waals surface area (Å²) in [6.45, 7) is 0. The number of carbonyl (C=O) groups excluding carboxylic acids is 2. The summed E-state index contributed by atoms with van der Waals surface area (Å²) in [5, 5.41) is 5.22. The molecule has 1 aromatic heterocycles. The molecule has 0 bridgehead atoms. The maximum atomic E-state index is 12.5. The van der Waals surface area contributed by atoms with Crippen molar-refractivity contribution in [2.45, 2.75) is 12.8 Å². The van der Waals surface area contributed by atoms with Gasteiger partial charge in [-0.05, 0) is 41.8 Å². The van der Waals surface area contributed by atoms with Crippen LogP contribution in [0.25, 0.3) is 11.1 Å². The molecule has 3 aromatic rings. The van der Waals surface area contributed by atoms with Gasteiger partial charge in [0, 0.05) is 21.8 Å². The van der Waals surface area contributed by atoms with Gasteiger partial charge in [-0.25, -0.2) is 4.79 Å². The molecule has 0 aliphatic heterocycles. The van der Waals surface area contributed by atoms with Crippen LogP contribution in [0, 0.1) is 0 Å². The number of carbonyl (C=O) groups is 2. The molecule has 0 fully saturated rings. The first kappa shape index (κ1) is 21.1. The third kappa shape index (κ3) is 5.25. The molecule has 29 heavy (non-hydrogen) atoms. The predicted molar refractivity (Wildman–Crippen MR) is 119 cm³/mol. The van der Waals surface area contributed by atoms with Crippen molar-refractivity contribution >= 4 is 44.1 Å². The average Bonchev–Trinajstić information content (AvgIpc) is 3.16. The van der Waals surface area contributed by atoms with E-state index in [0.29, 0.717) is 23.4 Å². The number of esters is 1. The van der Waals surface area contributed by atoms with Gasteiger partial charge in [0.25, 0.3) is 0 Å². The van der Waals surface area contributed by atoms with Crippen LogP contribution in [-0.4, -0.2) is 26.1 Å². The summed E-state index contributed by atoms with van der Waals surface area (Å²) >= 11 is 4.72. The second kappa shape index (κ2) is 9.71. The zero-order valence-electron chi connectivity index (χ0n) is 16.0. The molecule has 0 saturated heterocycles. The minimum absolute atomic E-state index is 0.157. The molecule has 0 unspecified atom stereocenters. The second-order valence-corrected chi connectivity index (χ2v) is 8.04. The molecule has 1 N–H and O–H groups in total. The first-order valence-electron chi connectivity index (χ1n) is 8.90. The third-order valence-electron chi connectivity index (χ3n) is 4.39. The number of halogens is 1. The lowest BCUT2D eigenvalue weighted by Crippen LogP contribution is -2.14. The Labute approximate surface area is 181 Å². The number of anilines is 1. The van der Waals surface area contributed by atoms with Gasteiger partial charge >= 0.3 is 5.97 Å². The van der Waals surface area contributed by atoms with Crippen LogP contribution in [0.15, 0.2) is 58.4 Å². The number of benzene rings is 2. The Kier molecular flexibility index (Phi) is 7.06. The lowest BCUT2D eigenvalue weighted by Gasteiger charge is -2.08. The zero-order chi connectivity index (χ0) is 20.8. The fourth-order valence-electron chi connectivity index (χ4n) is 2.84. The molecular formula is C22H20BrNO4S. The van der Waals surface area contributed by atoms with Gasteiger partial charge in [-0.1, -0.05) is 40.2 Å². The quantitative estimate of drug-likeness (QED) is 0.457. The molecule has 0 aliphatic rings. The van der Waals surface area contributed by atoms with E-state index in [1.807, 2.05) is 53.9 Å². The number of methoxy groups -OCH3 is 2. The van der Waals surface area contributed by atoms with Crippen LogP contribution in [0.4, 0.5) is 5.00 Å².